The average molecular weight is 370 g/mol. The predicted molar refractivity (Wildman–Crippen MR) is 88.6 cm³/mol. The van der Waals surface area contributed by atoms with Crippen molar-refractivity contribution in [1.82, 2.24) is 4.98 Å². The smallest absolute Gasteiger partial charge is 0.188 e. The maximum atomic E-state index is 5.97. The van der Waals surface area contributed by atoms with Crippen molar-refractivity contribution in [2.24, 2.45) is 0 Å². The molecule has 0 spiro atoms. The lowest BCUT2D eigenvalue weighted by Gasteiger charge is -2.07. The van der Waals surface area contributed by atoms with Crippen molar-refractivity contribution in [2.45, 2.75) is 0 Å². The summed E-state index contributed by atoms with van der Waals surface area (Å²) >= 11 is 11.1. The van der Waals surface area contributed by atoms with Gasteiger partial charge in [0.2, 0.25) is 0 Å². The summed E-state index contributed by atoms with van der Waals surface area (Å²) in [6.07, 6.45) is 0. The highest BCUT2D eigenvalue weighted by atomic mass is 79.9. The third-order valence-electron chi connectivity index (χ3n) is 2.76. The molecule has 1 aromatic heterocycles. The van der Waals surface area contributed by atoms with Crippen LogP contribution in [0.2, 0.25) is 5.02 Å². The molecule has 2 aromatic carbocycles. The van der Waals surface area contributed by atoms with E-state index < -0.39 is 0 Å². The van der Waals surface area contributed by atoms with Gasteiger partial charge >= 0.3 is 0 Å². The summed E-state index contributed by atoms with van der Waals surface area (Å²) < 4.78 is 7.27. The molecule has 6 heteroatoms. The highest BCUT2D eigenvalue weighted by Crippen LogP contribution is 2.34. The summed E-state index contributed by atoms with van der Waals surface area (Å²) in [5.41, 5.74) is 1.80. The molecule has 0 unspecified atom stereocenters. The van der Waals surface area contributed by atoms with Crippen molar-refractivity contribution >= 4 is 59.9 Å². The molecule has 0 aliphatic heterocycles. The molecule has 20 heavy (non-hydrogen) atoms. The van der Waals surface area contributed by atoms with Crippen LogP contribution < -0.4 is 10.1 Å². The molecular weight excluding hydrogens is 360 g/mol. The van der Waals surface area contributed by atoms with E-state index in [0.29, 0.717) is 5.02 Å². The number of fused-ring (bicyclic) bond motifs is 1. The first-order valence-electron chi connectivity index (χ1n) is 5.82. The van der Waals surface area contributed by atoms with Crippen LogP contribution in [0.4, 0.5) is 10.8 Å². The Morgan fingerprint density at radius 1 is 1.25 bits per heavy atom. The fourth-order valence-corrected chi connectivity index (χ4v) is 3.17. The van der Waals surface area contributed by atoms with Crippen molar-refractivity contribution in [3.05, 3.63) is 45.9 Å². The summed E-state index contributed by atoms with van der Waals surface area (Å²) in [5, 5.41) is 4.80. The largest absolute Gasteiger partial charge is 0.497 e. The van der Waals surface area contributed by atoms with Gasteiger partial charge < -0.3 is 10.1 Å². The van der Waals surface area contributed by atoms with E-state index in [1.807, 2.05) is 36.4 Å². The summed E-state index contributed by atoms with van der Waals surface area (Å²) in [4.78, 5) is 4.53. The molecule has 3 nitrogen and oxygen atoms in total. The number of nitrogens with one attached hydrogen (secondary N) is 1. The number of rotatable bonds is 3. The molecule has 3 rings (SSSR count). The number of aromatic nitrogens is 1. The molecule has 0 amide bonds. The lowest BCUT2D eigenvalue weighted by Crippen LogP contribution is -1.92. The number of halogens is 2. The third-order valence-corrected chi connectivity index (χ3v) is 4.64. The summed E-state index contributed by atoms with van der Waals surface area (Å²) in [6.45, 7) is 0. The summed E-state index contributed by atoms with van der Waals surface area (Å²) in [5.74, 6) is 0.792. The Morgan fingerprint density at radius 2 is 2.10 bits per heavy atom. The molecule has 1 heterocycles. The van der Waals surface area contributed by atoms with E-state index >= 15 is 0 Å². The van der Waals surface area contributed by atoms with E-state index in [1.54, 1.807) is 18.4 Å². The third kappa shape index (κ3) is 2.75. The second-order valence-corrected chi connectivity index (χ2v) is 6.42. The Bertz CT molecular complexity index is 775. The van der Waals surface area contributed by atoms with E-state index in [1.165, 1.54) is 0 Å². The minimum absolute atomic E-state index is 0.692. The molecule has 102 valence electrons. The molecule has 0 saturated heterocycles. The van der Waals surface area contributed by atoms with Crippen LogP contribution in [0.15, 0.2) is 40.9 Å². The van der Waals surface area contributed by atoms with Gasteiger partial charge in [-0.25, -0.2) is 4.98 Å². The standard InChI is InChI=1S/C14H10BrClN2OS/c1-19-9-3-4-10(15)11(7-9)17-14-18-12-6-8(16)2-5-13(12)20-14/h2-7H,1H3,(H,17,18). The van der Waals surface area contributed by atoms with Gasteiger partial charge in [0, 0.05) is 15.6 Å². The maximum Gasteiger partial charge on any atom is 0.188 e. The minimum atomic E-state index is 0.692. The fourth-order valence-electron chi connectivity index (χ4n) is 1.80. The Labute approximate surface area is 133 Å². The van der Waals surface area contributed by atoms with Crippen LogP contribution in [0.3, 0.4) is 0 Å². The molecule has 1 N–H and O–H groups in total. The second-order valence-electron chi connectivity index (χ2n) is 4.10. The van der Waals surface area contributed by atoms with Gasteiger partial charge in [0.25, 0.3) is 0 Å². The van der Waals surface area contributed by atoms with Crippen molar-refractivity contribution < 1.29 is 4.74 Å². The lowest BCUT2D eigenvalue weighted by atomic mass is 10.3. The number of benzene rings is 2. The summed E-state index contributed by atoms with van der Waals surface area (Å²) in [7, 11) is 1.65. The minimum Gasteiger partial charge on any atom is -0.497 e. The van der Waals surface area contributed by atoms with Crippen LogP contribution in [0.5, 0.6) is 5.75 Å². The number of thiazole rings is 1. The first-order chi connectivity index (χ1) is 9.65. The molecular formula is C14H10BrClN2OS. The van der Waals surface area contributed by atoms with Crippen molar-refractivity contribution in [2.75, 3.05) is 12.4 Å². The summed E-state index contributed by atoms with van der Waals surface area (Å²) in [6, 6.07) is 11.5. The van der Waals surface area contributed by atoms with Crippen LogP contribution in [0.1, 0.15) is 0 Å². The highest BCUT2D eigenvalue weighted by molar-refractivity contribution is 9.10. The topological polar surface area (TPSA) is 34.1 Å². The zero-order chi connectivity index (χ0) is 14.1. The average Bonchev–Trinajstić information content (AvgIpc) is 2.82. The lowest BCUT2D eigenvalue weighted by molar-refractivity contribution is 0.415. The monoisotopic (exact) mass is 368 g/mol. The molecule has 0 saturated carbocycles. The number of methoxy groups -OCH3 is 1. The SMILES string of the molecule is COc1ccc(Br)c(Nc2nc3cc(Cl)ccc3s2)c1. The van der Waals surface area contributed by atoms with Crippen LogP contribution >= 0.6 is 38.9 Å². The van der Waals surface area contributed by atoms with E-state index in [9.17, 15) is 0 Å². The van der Waals surface area contributed by atoms with E-state index in [-0.39, 0.29) is 0 Å². The van der Waals surface area contributed by atoms with Gasteiger partial charge in [-0.3, -0.25) is 0 Å². The predicted octanol–water partition coefficient (Wildman–Crippen LogP) is 5.46. The first kappa shape index (κ1) is 13.7. The quantitative estimate of drug-likeness (QED) is 0.665. The molecule has 0 radical (unpaired) electrons. The van der Waals surface area contributed by atoms with Crippen LogP contribution in [-0.4, -0.2) is 12.1 Å². The number of ether oxygens (including phenoxy) is 1. The van der Waals surface area contributed by atoms with E-state index in [2.05, 4.69) is 26.2 Å². The molecule has 0 atom stereocenters. The van der Waals surface area contributed by atoms with Crippen molar-refractivity contribution in [1.29, 1.82) is 0 Å². The molecule has 0 bridgehead atoms. The zero-order valence-electron chi connectivity index (χ0n) is 10.5. The molecule has 0 aliphatic rings. The Kier molecular flexibility index (Phi) is 3.83. The number of anilines is 2. The van der Waals surface area contributed by atoms with Gasteiger partial charge in [-0.2, -0.15) is 0 Å². The van der Waals surface area contributed by atoms with Gasteiger partial charge in [-0.1, -0.05) is 22.9 Å². The van der Waals surface area contributed by atoms with Crippen LogP contribution in [-0.2, 0) is 0 Å². The number of hydrogen-bond acceptors (Lipinski definition) is 4. The molecule has 0 aliphatic carbocycles. The maximum absolute atomic E-state index is 5.97. The fraction of sp³-hybridized carbons (Fsp3) is 0.0714. The highest BCUT2D eigenvalue weighted by Gasteiger charge is 2.07. The van der Waals surface area contributed by atoms with Gasteiger partial charge in [-0.05, 0) is 46.3 Å². The first-order valence-corrected chi connectivity index (χ1v) is 7.81. The van der Waals surface area contributed by atoms with Crippen LogP contribution in [0, 0.1) is 0 Å². The normalized spacial score (nSPS) is 10.8. The molecule has 0 fully saturated rings. The van der Waals surface area contributed by atoms with E-state index in [4.69, 9.17) is 16.3 Å². The zero-order valence-corrected chi connectivity index (χ0v) is 13.6. The number of nitrogens with zero attached hydrogens (tertiary/aromatic N) is 1. The van der Waals surface area contributed by atoms with Crippen molar-refractivity contribution in [3.8, 4) is 5.75 Å². The van der Waals surface area contributed by atoms with Gasteiger partial charge in [0.15, 0.2) is 5.13 Å². The van der Waals surface area contributed by atoms with E-state index in [0.717, 1.165) is 31.3 Å². The number of hydrogen-bond donors (Lipinski definition) is 1. The second kappa shape index (κ2) is 5.60. The molecule has 3 aromatic rings. The van der Waals surface area contributed by atoms with Crippen molar-refractivity contribution in [3.63, 3.8) is 0 Å². The Morgan fingerprint density at radius 3 is 2.90 bits per heavy atom. The van der Waals surface area contributed by atoms with Gasteiger partial charge in [0.1, 0.15) is 5.75 Å². The Hall–Kier alpha value is -1.30. The van der Waals surface area contributed by atoms with Crippen LogP contribution in [0.25, 0.3) is 10.2 Å². The van der Waals surface area contributed by atoms with Gasteiger partial charge in [0.05, 0.1) is 23.0 Å². The van der Waals surface area contributed by atoms with Gasteiger partial charge in [-0.15, -0.1) is 0 Å². The Balaban J connectivity index is 1.96.